The normalized spacial score (nSPS) is 11.1. The summed E-state index contributed by atoms with van der Waals surface area (Å²) in [6, 6.07) is 10.7. The van der Waals surface area contributed by atoms with Crippen molar-refractivity contribution in [2.45, 2.75) is 11.8 Å². The predicted molar refractivity (Wildman–Crippen MR) is 91.4 cm³/mol. The zero-order valence-corrected chi connectivity index (χ0v) is 14.1. The van der Waals surface area contributed by atoms with Gasteiger partial charge in [0.05, 0.1) is 9.82 Å². The molecule has 2 rings (SSSR count). The van der Waals surface area contributed by atoms with Gasteiger partial charge in [0, 0.05) is 18.2 Å². The Kier molecular flexibility index (Phi) is 5.47. The van der Waals surface area contributed by atoms with Gasteiger partial charge in [0.15, 0.2) is 0 Å². The lowest BCUT2D eigenvalue weighted by atomic mass is 10.2. The number of amides is 1. The van der Waals surface area contributed by atoms with Crippen LogP contribution in [0.5, 0.6) is 0 Å². The van der Waals surface area contributed by atoms with Crippen LogP contribution in [0.4, 0.5) is 11.4 Å². The number of rotatable bonds is 6. The van der Waals surface area contributed by atoms with E-state index in [0.29, 0.717) is 5.01 Å². The number of hydrogen-bond acceptors (Lipinski definition) is 6. The van der Waals surface area contributed by atoms with Crippen molar-refractivity contribution in [1.29, 1.82) is 0 Å². The summed E-state index contributed by atoms with van der Waals surface area (Å²) in [5.74, 6) is 5.02. The fraction of sp³-hybridized carbons (Fsp3) is 0.133. The third kappa shape index (κ3) is 3.99. The Labute approximate surface area is 144 Å². The molecule has 0 fully saturated rings. The van der Waals surface area contributed by atoms with E-state index in [9.17, 15) is 23.3 Å². The number of nitro groups is 1. The molecule has 0 heterocycles. The van der Waals surface area contributed by atoms with Crippen molar-refractivity contribution in [2.75, 3.05) is 11.6 Å². The van der Waals surface area contributed by atoms with Crippen molar-refractivity contribution < 1.29 is 18.1 Å². The summed E-state index contributed by atoms with van der Waals surface area (Å²) >= 11 is 0. The van der Waals surface area contributed by atoms with E-state index in [1.165, 1.54) is 48.5 Å². The van der Waals surface area contributed by atoms with Crippen molar-refractivity contribution >= 4 is 27.3 Å². The number of anilines is 1. The second kappa shape index (κ2) is 7.38. The molecule has 10 heteroatoms. The standard InChI is InChI=1S/C15H16N4O5S/c1-2-17-25(23,24)12-9-7-11(8-10-12)15(20)18(16)13-5-3-4-6-14(13)19(21)22/h3-10,17H,2,16H2,1H3. The second-order valence-corrected chi connectivity index (χ2v) is 6.71. The molecule has 0 saturated heterocycles. The molecule has 2 aromatic rings. The third-order valence-electron chi connectivity index (χ3n) is 3.30. The number of hydrogen-bond donors (Lipinski definition) is 2. The lowest BCUT2D eigenvalue weighted by Gasteiger charge is -2.16. The number of hydrazine groups is 1. The molecular formula is C15H16N4O5S. The van der Waals surface area contributed by atoms with Gasteiger partial charge >= 0.3 is 0 Å². The maximum atomic E-state index is 12.4. The van der Waals surface area contributed by atoms with Gasteiger partial charge < -0.3 is 0 Å². The van der Waals surface area contributed by atoms with Crippen molar-refractivity contribution in [2.24, 2.45) is 5.84 Å². The molecule has 3 N–H and O–H groups in total. The Morgan fingerprint density at radius 1 is 1.20 bits per heavy atom. The van der Waals surface area contributed by atoms with E-state index in [-0.39, 0.29) is 28.4 Å². The van der Waals surface area contributed by atoms with Gasteiger partial charge in [-0.05, 0) is 30.3 Å². The van der Waals surface area contributed by atoms with Crippen LogP contribution in [0.3, 0.4) is 0 Å². The van der Waals surface area contributed by atoms with Gasteiger partial charge in [-0.25, -0.2) is 24.0 Å². The summed E-state index contributed by atoms with van der Waals surface area (Å²) in [4.78, 5) is 22.8. The monoisotopic (exact) mass is 364 g/mol. The molecule has 1 amide bonds. The number of nitrogens with one attached hydrogen (secondary N) is 1. The van der Waals surface area contributed by atoms with Crippen LogP contribution in [0.15, 0.2) is 53.4 Å². The first-order valence-electron chi connectivity index (χ1n) is 7.20. The topological polar surface area (TPSA) is 136 Å². The second-order valence-electron chi connectivity index (χ2n) is 4.95. The molecule has 0 aliphatic rings. The average molecular weight is 364 g/mol. The fourth-order valence-corrected chi connectivity index (χ4v) is 3.16. The predicted octanol–water partition coefficient (Wildman–Crippen LogP) is 1.41. The number of benzene rings is 2. The smallest absolute Gasteiger partial charge is 0.267 e. The zero-order valence-electron chi connectivity index (χ0n) is 13.2. The number of carbonyl (C=O) groups excluding carboxylic acids is 1. The molecule has 0 aliphatic carbocycles. The van der Waals surface area contributed by atoms with E-state index in [0.717, 1.165) is 0 Å². The lowest BCUT2D eigenvalue weighted by Crippen LogP contribution is -2.37. The van der Waals surface area contributed by atoms with Gasteiger partial charge in [0.25, 0.3) is 11.6 Å². The Balaban J connectivity index is 2.31. The zero-order chi connectivity index (χ0) is 18.6. The summed E-state index contributed by atoms with van der Waals surface area (Å²) in [6.07, 6.45) is 0. The van der Waals surface area contributed by atoms with Crippen LogP contribution < -0.4 is 15.6 Å². The van der Waals surface area contributed by atoms with Crippen LogP contribution in [0, 0.1) is 10.1 Å². The first kappa shape index (κ1) is 18.5. The van der Waals surface area contributed by atoms with Gasteiger partial charge in [-0.2, -0.15) is 0 Å². The Hall–Kier alpha value is -2.82. The lowest BCUT2D eigenvalue weighted by molar-refractivity contribution is -0.384. The molecule has 0 radical (unpaired) electrons. The number of nitrogens with two attached hydrogens (primary N) is 1. The van der Waals surface area contributed by atoms with Gasteiger partial charge in [0.1, 0.15) is 5.69 Å². The molecule has 0 aliphatic heterocycles. The van der Waals surface area contributed by atoms with Crippen molar-refractivity contribution in [3.63, 3.8) is 0 Å². The minimum Gasteiger partial charge on any atom is -0.267 e. The Morgan fingerprint density at radius 2 is 1.80 bits per heavy atom. The SMILES string of the molecule is CCNS(=O)(=O)c1ccc(C(=O)N(N)c2ccccc2[N+](=O)[O-])cc1. The highest BCUT2D eigenvalue weighted by molar-refractivity contribution is 7.89. The van der Waals surface area contributed by atoms with E-state index >= 15 is 0 Å². The summed E-state index contributed by atoms with van der Waals surface area (Å²) in [6.45, 7) is 1.88. The molecule has 25 heavy (non-hydrogen) atoms. The van der Waals surface area contributed by atoms with Gasteiger partial charge in [0.2, 0.25) is 10.0 Å². The van der Waals surface area contributed by atoms with E-state index in [4.69, 9.17) is 5.84 Å². The first-order valence-corrected chi connectivity index (χ1v) is 8.68. The number of nitrogens with zero attached hydrogens (tertiary/aromatic N) is 2. The van der Waals surface area contributed by atoms with Crippen LogP contribution in [0.1, 0.15) is 17.3 Å². The summed E-state index contributed by atoms with van der Waals surface area (Å²) in [7, 11) is -3.64. The maximum Gasteiger partial charge on any atom is 0.294 e. The van der Waals surface area contributed by atoms with Gasteiger partial charge in [-0.1, -0.05) is 19.1 Å². The van der Waals surface area contributed by atoms with Gasteiger partial charge in [-0.3, -0.25) is 14.9 Å². The van der Waals surface area contributed by atoms with Crippen LogP contribution in [-0.4, -0.2) is 25.8 Å². The van der Waals surface area contributed by atoms with Crippen LogP contribution in [0.2, 0.25) is 0 Å². The summed E-state index contributed by atoms with van der Waals surface area (Å²) in [5, 5.41) is 11.7. The van der Waals surface area contributed by atoms with E-state index in [1.54, 1.807) is 6.92 Å². The summed E-state index contributed by atoms with van der Waals surface area (Å²) in [5.41, 5.74) is -0.289. The van der Waals surface area contributed by atoms with E-state index in [1.807, 2.05) is 0 Å². The third-order valence-corrected chi connectivity index (χ3v) is 4.86. The molecule has 0 saturated carbocycles. The molecule has 9 nitrogen and oxygen atoms in total. The quantitative estimate of drug-likeness (QED) is 0.344. The number of sulfonamides is 1. The Bertz CT molecular complexity index is 896. The van der Waals surface area contributed by atoms with E-state index in [2.05, 4.69) is 4.72 Å². The molecule has 0 bridgehead atoms. The number of carbonyl (C=O) groups is 1. The fourth-order valence-electron chi connectivity index (χ4n) is 2.12. The highest BCUT2D eigenvalue weighted by Gasteiger charge is 2.23. The Morgan fingerprint density at radius 3 is 2.36 bits per heavy atom. The maximum absolute atomic E-state index is 12.4. The van der Waals surface area contributed by atoms with Gasteiger partial charge in [-0.15, -0.1) is 0 Å². The molecule has 0 spiro atoms. The highest BCUT2D eigenvalue weighted by atomic mass is 32.2. The largest absolute Gasteiger partial charge is 0.294 e. The molecule has 0 atom stereocenters. The molecule has 2 aromatic carbocycles. The van der Waals surface area contributed by atoms with E-state index < -0.39 is 20.9 Å². The van der Waals surface area contributed by atoms with Crippen molar-refractivity contribution in [3.8, 4) is 0 Å². The highest BCUT2D eigenvalue weighted by Crippen LogP contribution is 2.26. The molecule has 0 unspecified atom stereocenters. The van der Waals surface area contributed by atoms with Crippen molar-refractivity contribution in [3.05, 3.63) is 64.2 Å². The summed E-state index contributed by atoms with van der Waals surface area (Å²) < 4.78 is 26.1. The van der Waals surface area contributed by atoms with Crippen LogP contribution in [-0.2, 0) is 10.0 Å². The minimum atomic E-state index is -3.64. The van der Waals surface area contributed by atoms with Crippen LogP contribution >= 0.6 is 0 Å². The number of nitro benzene ring substituents is 1. The van der Waals surface area contributed by atoms with Crippen molar-refractivity contribution in [1.82, 2.24) is 4.72 Å². The average Bonchev–Trinajstić information content (AvgIpc) is 2.60. The first-order chi connectivity index (χ1) is 11.8. The molecular weight excluding hydrogens is 348 g/mol. The number of para-hydroxylation sites is 2. The van der Waals surface area contributed by atoms with Crippen LogP contribution in [0.25, 0.3) is 0 Å². The minimum absolute atomic E-state index is 0.000151. The molecule has 0 aromatic heterocycles. The molecule has 132 valence electrons.